The van der Waals surface area contributed by atoms with E-state index in [4.69, 9.17) is 0 Å². The van der Waals surface area contributed by atoms with Crippen LogP contribution in [0.2, 0.25) is 0 Å². The van der Waals surface area contributed by atoms with Crippen LogP contribution >= 0.6 is 0 Å². The van der Waals surface area contributed by atoms with E-state index in [0.29, 0.717) is 12.1 Å². The molecule has 1 atom stereocenters. The molecule has 0 aromatic heterocycles. The summed E-state index contributed by atoms with van der Waals surface area (Å²) >= 11 is 0. The summed E-state index contributed by atoms with van der Waals surface area (Å²) in [5.41, 5.74) is 0.318. The molecule has 0 bridgehead atoms. The summed E-state index contributed by atoms with van der Waals surface area (Å²) in [5, 5.41) is 12.2. The molecule has 0 aromatic rings. The number of nitrogens with zero attached hydrogens (tertiary/aromatic N) is 1. The number of nitrogens with one attached hydrogen (secondary N) is 1. The van der Waals surface area contributed by atoms with Crippen molar-refractivity contribution in [1.29, 1.82) is 0 Å². The lowest BCUT2D eigenvalue weighted by molar-refractivity contribution is -0.141. The van der Waals surface area contributed by atoms with E-state index in [-0.39, 0.29) is 18.0 Å². The van der Waals surface area contributed by atoms with Gasteiger partial charge in [-0.15, -0.1) is 0 Å². The number of rotatable bonds is 3. The Kier molecular flexibility index (Phi) is 5.12. The molecule has 1 saturated heterocycles. The maximum Gasteiger partial charge on any atom is 0.323 e. The molecule has 7 heteroatoms. The minimum absolute atomic E-state index is 0.0110. The molecule has 0 amide bonds. The lowest BCUT2D eigenvalue weighted by Crippen LogP contribution is -2.57. The second-order valence-corrected chi connectivity index (χ2v) is 6.72. The number of carbonyl (C=O) groups is 1. The second-order valence-electron chi connectivity index (χ2n) is 4.86. The van der Waals surface area contributed by atoms with Crippen molar-refractivity contribution >= 4 is 16.0 Å². The lowest BCUT2D eigenvalue weighted by atomic mass is 10.2. The molecule has 2 rings (SSSR count). The van der Waals surface area contributed by atoms with Gasteiger partial charge in [0, 0.05) is 19.6 Å². The van der Waals surface area contributed by atoms with Crippen LogP contribution in [0.25, 0.3) is 0 Å². The molecule has 2 N–H and O–H groups in total. The highest BCUT2D eigenvalue weighted by molar-refractivity contribution is 7.93. The third kappa shape index (κ3) is 3.44. The SMILES string of the molecule is C=C1C=C\C=C/C=C\C=C/1S(=O)(=O)N1CCNCC1C(=O)O. The summed E-state index contributed by atoms with van der Waals surface area (Å²) in [6.07, 6.45) is 11.5. The molecule has 6 nitrogen and oxygen atoms in total. The number of allylic oxidation sites excluding steroid dienone is 8. The van der Waals surface area contributed by atoms with Gasteiger partial charge in [0.15, 0.2) is 0 Å². The average Bonchev–Trinajstić information content (AvgIpc) is 2.59. The van der Waals surface area contributed by atoms with Crippen LogP contribution in [-0.2, 0) is 14.8 Å². The van der Waals surface area contributed by atoms with Gasteiger partial charge in [0.25, 0.3) is 0 Å². The highest BCUT2D eigenvalue weighted by atomic mass is 32.2. The molecule has 1 aliphatic carbocycles. The molecule has 1 unspecified atom stereocenters. The smallest absolute Gasteiger partial charge is 0.323 e. The Morgan fingerprint density at radius 2 is 1.95 bits per heavy atom. The van der Waals surface area contributed by atoms with Crippen LogP contribution in [0, 0.1) is 0 Å². The van der Waals surface area contributed by atoms with E-state index in [1.807, 2.05) is 0 Å². The minimum atomic E-state index is -3.94. The number of hydrogen-bond donors (Lipinski definition) is 2. The molecule has 0 radical (unpaired) electrons. The van der Waals surface area contributed by atoms with Crippen molar-refractivity contribution in [2.75, 3.05) is 19.6 Å². The van der Waals surface area contributed by atoms with E-state index in [0.717, 1.165) is 4.31 Å². The molecule has 118 valence electrons. The summed E-state index contributed by atoms with van der Waals surface area (Å²) in [6.45, 7) is 4.38. The van der Waals surface area contributed by atoms with Crippen LogP contribution in [0.4, 0.5) is 0 Å². The molecule has 22 heavy (non-hydrogen) atoms. The van der Waals surface area contributed by atoms with Crippen molar-refractivity contribution in [2.45, 2.75) is 6.04 Å². The highest BCUT2D eigenvalue weighted by Gasteiger charge is 2.38. The van der Waals surface area contributed by atoms with E-state index >= 15 is 0 Å². The Labute approximate surface area is 129 Å². The number of carboxylic acids is 1. The maximum absolute atomic E-state index is 12.9. The zero-order valence-corrected chi connectivity index (χ0v) is 12.8. The van der Waals surface area contributed by atoms with Gasteiger partial charge in [-0.3, -0.25) is 4.79 Å². The molecule has 0 spiro atoms. The molecule has 0 saturated carbocycles. The van der Waals surface area contributed by atoms with Crippen LogP contribution in [0.5, 0.6) is 0 Å². The van der Waals surface area contributed by atoms with E-state index in [1.165, 1.54) is 6.08 Å². The maximum atomic E-state index is 12.9. The van der Waals surface area contributed by atoms with Crippen molar-refractivity contribution < 1.29 is 18.3 Å². The van der Waals surface area contributed by atoms with Gasteiger partial charge in [-0.2, -0.15) is 4.31 Å². The van der Waals surface area contributed by atoms with E-state index in [1.54, 1.807) is 36.5 Å². The summed E-state index contributed by atoms with van der Waals surface area (Å²) in [6, 6.07) is -1.12. The molecule has 1 heterocycles. The van der Waals surface area contributed by atoms with Gasteiger partial charge in [0.05, 0.1) is 4.91 Å². The zero-order valence-electron chi connectivity index (χ0n) is 12.0. The standard InChI is InChI=1S/C15H18N2O4S/c1-12-7-5-3-2-4-6-8-14(12)22(20,21)17-10-9-16-11-13(17)15(18)19/h2-8,13,16H,1,9-11H2,(H,18,19)/b3-2-,6-4-,7-5?,14-8+. The monoisotopic (exact) mass is 322 g/mol. The summed E-state index contributed by atoms with van der Waals surface area (Å²) < 4.78 is 26.7. The van der Waals surface area contributed by atoms with Crippen LogP contribution in [0.15, 0.2) is 59.6 Å². The van der Waals surface area contributed by atoms with Crippen LogP contribution in [0.1, 0.15) is 0 Å². The van der Waals surface area contributed by atoms with Gasteiger partial charge in [-0.05, 0) is 11.6 Å². The molecule has 2 aliphatic rings. The van der Waals surface area contributed by atoms with Crippen molar-refractivity contribution in [3.8, 4) is 0 Å². The van der Waals surface area contributed by atoms with Gasteiger partial charge in [-0.25, -0.2) is 8.42 Å². The number of carboxylic acid groups (broad SMARTS) is 1. The van der Waals surface area contributed by atoms with E-state index < -0.39 is 22.0 Å². The van der Waals surface area contributed by atoms with E-state index in [2.05, 4.69) is 11.9 Å². The quantitative estimate of drug-likeness (QED) is 0.802. The third-order valence-electron chi connectivity index (χ3n) is 3.37. The summed E-state index contributed by atoms with van der Waals surface area (Å²) in [4.78, 5) is 11.3. The van der Waals surface area contributed by atoms with E-state index in [9.17, 15) is 18.3 Å². The van der Waals surface area contributed by atoms with Crippen LogP contribution in [0.3, 0.4) is 0 Å². The fourth-order valence-corrected chi connectivity index (χ4v) is 3.99. The Morgan fingerprint density at radius 1 is 1.27 bits per heavy atom. The highest BCUT2D eigenvalue weighted by Crippen LogP contribution is 2.24. The molecule has 0 aromatic carbocycles. The number of piperazine rings is 1. The minimum Gasteiger partial charge on any atom is -0.480 e. The summed E-state index contributed by atoms with van der Waals surface area (Å²) in [5.74, 6) is -1.17. The Morgan fingerprint density at radius 3 is 2.68 bits per heavy atom. The number of sulfonamides is 1. The largest absolute Gasteiger partial charge is 0.480 e. The first-order chi connectivity index (χ1) is 10.4. The van der Waals surface area contributed by atoms with Gasteiger partial charge in [0.1, 0.15) is 6.04 Å². The average molecular weight is 322 g/mol. The topological polar surface area (TPSA) is 86.7 Å². The first-order valence-corrected chi connectivity index (χ1v) is 8.25. The fourth-order valence-electron chi connectivity index (χ4n) is 2.26. The predicted octanol–water partition coefficient (Wildman–Crippen LogP) is 0.797. The first kappa shape index (κ1) is 16.4. The first-order valence-electron chi connectivity index (χ1n) is 6.81. The van der Waals surface area contributed by atoms with Gasteiger partial charge < -0.3 is 10.4 Å². The second kappa shape index (κ2) is 6.87. The van der Waals surface area contributed by atoms with Crippen LogP contribution < -0.4 is 5.32 Å². The van der Waals surface area contributed by atoms with Gasteiger partial charge in [-0.1, -0.05) is 43.0 Å². The lowest BCUT2D eigenvalue weighted by Gasteiger charge is -2.33. The Bertz CT molecular complexity index is 686. The van der Waals surface area contributed by atoms with Crippen molar-refractivity contribution in [3.63, 3.8) is 0 Å². The summed E-state index contributed by atoms with van der Waals surface area (Å²) in [7, 11) is -3.94. The molecule has 1 fully saturated rings. The van der Waals surface area contributed by atoms with Gasteiger partial charge in [0.2, 0.25) is 10.0 Å². The fraction of sp³-hybridized carbons (Fsp3) is 0.267. The Balaban J connectivity index is 2.43. The van der Waals surface area contributed by atoms with Crippen molar-refractivity contribution in [1.82, 2.24) is 9.62 Å². The van der Waals surface area contributed by atoms with Crippen molar-refractivity contribution in [2.24, 2.45) is 0 Å². The van der Waals surface area contributed by atoms with Crippen LogP contribution in [-0.4, -0.2) is 49.5 Å². The molecule has 1 aliphatic heterocycles. The molecular weight excluding hydrogens is 304 g/mol. The van der Waals surface area contributed by atoms with Crippen molar-refractivity contribution in [3.05, 3.63) is 59.6 Å². The Hall–Kier alpha value is -1.96. The van der Waals surface area contributed by atoms with Gasteiger partial charge >= 0.3 is 5.97 Å². The predicted molar refractivity (Wildman–Crippen MR) is 84.6 cm³/mol. The number of aliphatic carboxylic acids is 1. The molecular formula is C15H18N2O4S. The normalized spacial score (nSPS) is 28.8. The number of hydrogen-bond acceptors (Lipinski definition) is 4. The third-order valence-corrected chi connectivity index (χ3v) is 5.38. The zero-order chi connectivity index (χ0) is 16.2.